The molecule has 0 radical (unpaired) electrons. The third-order valence-corrected chi connectivity index (χ3v) is 4.04. The van der Waals surface area contributed by atoms with E-state index in [9.17, 15) is 0 Å². The van der Waals surface area contributed by atoms with Crippen LogP contribution in [0, 0.1) is 13.8 Å². The van der Waals surface area contributed by atoms with E-state index in [-0.39, 0.29) is 6.04 Å². The standard InChI is InChI=1S/C14H20N4S/c1-4-12-14(19-18-17-12)13(16-15)8-11-6-9(2)5-10(3)7-11/h5-7,13,16H,4,8,15H2,1-3H3. The molecule has 5 heteroatoms. The molecular formula is C14H20N4S. The Balaban J connectivity index is 2.24. The molecule has 2 rings (SSSR count). The predicted octanol–water partition coefficient (Wildman–Crippen LogP) is 2.46. The zero-order chi connectivity index (χ0) is 13.8. The molecule has 0 amide bonds. The van der Waals surface area contributed by atoms with Gasteiger partial charge in [-0.05, 0) is 43.8 Å². The summed E-state index contributed by atoms with van der Waals surface area (Å²) in [6, 6.07) is 6.67. The summed E-state index contributed by atoms with van der Waals surface area (Å²) in [4.78, 5) is 1.14. The van der Waals surface area contributed by atoms with Gasteiger partial charge in [0.25, 0.3) is 0 Å². The summed E-state index contributed by atoms with van der Waals surface area (Å²) in [6.45, 7) is 6.32. The Morgan fingerprint density at radius 3 is 2.53 bits per heavy atom. The number of benzene rings is 1. The van der Waals surface area contributed by atoms with E-state index in [2.05, 4.69) is 54.0 Å². The Kier molecular flexibility index (Phi) is 4.63. The van der Waals surface area contributed by atoms with Crippen LogP contribution in [0.3, 0.4) is 0 Å². The summed E-state index contributed by atoms with van der Waals surface area (Å²) < 4.78 is 4.03. The highest BCUT2D eigenvalue weighted by atomic mass is 32.1. The summed E-state index contributed by atoms with van der Waals surface area (Å²) >= 11 is 1.43. The Hall–Kier alpha value is -1.30. The highest BCUT2D eigenvalue weighted by molar-refractivity contribution is 7.05. The lowest BCUT2D eigenvalue weighted by Crippen LogP contribution is -2.29. The second kappa shape index (κ2) is 6.23. The van der Waals surface area contributed by atoms with E-state index >= 15 is 0 Å². The Morgan fingerprint density at radius 2 is 1.95 bits per heavy atom. The van der Waals surface area contributed by atoms with Crippen molar-refractivity contribution in [3.63, 3.8) is 0 Å². The van der Waals surface area contributed by atoms with Gasteiger partial charge in [0, 0.05) is 0 Å². The van der Waals surface area contributed by atoms with E-state index in [1.807, 2.05) is 0 Å². The maximum absolute atomic E-state index is 5.71. The lowest BCUT2D eigenvalue weighted by atomic mass is 10.00. The minimum absolute atomic E-state index is 0.0798. The van der Waals surface area contributed by atoms with Gasteiger partial charge in [-0.15, -0.1) is 5.10 Å². The fraction of sp³-hybridized carbons (Fsp3) is 0.429. The molecule has 102 valence electrons. The number of aromatic nitrogens is 2. The van der Waals surface area contributed by atoms with Gasteiger partial charge in [0.1, 0.15) is 0 Å². The van der Waals surface area contributed by atoms with Crippen LogP contribution in [0.25, 0.3) is 0 Å². The number of hydrogen-bond donors (Lipinski definition) is 2. The Labute approximate surface area is 118 Å². The number of rotatable bonds is 5. The zero-order valence-electron chi connectivity index (χ0n) is 11.6. The first-order valence-electron chi connectivity index (χ1n) is 6.48. The van der Waals surface area contributed by atoms with Crippen molar-refractivity contribution in [1.82, 2.24) is 15.0 Å². The minimum atomic E-state index is 0.0798. The highest BCUT2D eigenvalue weighted by Crippen LogP contribution is 2.24. The molecule has 1 unspecified atom stereocenters. The van der Waals surface area contributed by atoms with Gasteiger partial charge in [-0.2, -0.15) is 0 Å². The fourth-order valence-corrected chi connectivity index (χ4v) is 3.17. The Morgan fingerprint density at radius 1 is 1.26 bits per heavy atom. The van der Waals surface area contributed by atoms with E-state index in [1.165, 1.54) is 28.2 Å². The molecule has 0 saturated carbocycles. The van der Waals surface area contributed by atoms with Crippen LogP contribution < -0.4 is 11.3 Å². The van der Waals surface area contributed by atoms with Gasteiger partial charge in [0.05, 0.1) is 16.6 Å². The Bertz CT molecular complexity index is 530. The molecule has 0 spiro atoms. The highest BCUT2D eigenvalue weighted by Gasteiger charge is 2.18. The zero-order valence-corrected chi connectivity index (χ0v) is 12.4. The van der Waals surface area contributed by atoms with Crippen LogP contribution in [0.2, 0.25) is 0 Å². The first-order chi connectivity index (χ1) is 9.13. The van der Waals surface area contributed by atoms with Gasteiger partial charge in [-0.3, -0.25) is 11.3 Å². The number of hydrogen-bond acceptors (Lipinski definition) is 5. The molecule has 0 aliphatic carbocycles. The third kappa shape index (κ3) is 3.37. The molecule has 1 aromatic carbocycles. The van der Waals surface area contributed by atoms with E-state index < -0.39 is 0 Å². The molecular weight excluding hydrogens is 256 g/mol. The van der Waals surface area contributed by atoms with Crippen LogP contribution in [-0.2, 0) is 12.8 Å². The number of nitrogens with two attached hydrogens (primary N) is 1. The van der Waals surface area contributed by atoms with Gasteiger partial charge >= 0.3 is 0 Å². The summed E-state index contributed by atoms with van der Waals surface area (Å²) in [5.74, 6) is 5.71. The second-order valence-corrected chi connectivity index (χ2v) is 5.64. The first kappa shape index (κ1) is 14.1. The second-order valence-electron chi connectivity index (χ2n) is 4.86. The van der Waals surface area contributed by atoms with E-state index in [4.69, 9.17) is 5.84 Å². The van der Waals surface area contributed by atoms with E-state index in [0.29, 0.717) is 0 Å². The van der Waals surface area contributed by atoms with Crippen LogP contribution in [0.1, 0.15) is 40.2 Å². The van der Waals surface area contributed by atoms with Gasteiger partial charge < -0.3 is 0 Å². The summed E-state index contributed by atoms with van der Waals surface area (Å²) in [7, 11) is 0. The van der Waals surface area contributed by atoms with E-state index in [1.54, 1.807) is 0 Å². The molecule has 1 aromatic heterocycles. The maximum atomic E-state index is 5.71. The topological polar surface area (TPSA) is 63.8 Å². The molecule has 0 saturated heterocycles. The summed E-state index contributed by atoms with van der Waals surface area (Å²) in [5, 5.41) is 4.15. The number of hydrazine groups is 1. The number of nitrogens with zero attached hydrogens (tertiary/aromatic N) is 2. The van der Waals surface area contributed by atoms with Crippen molar-refractivity contribution >= 4 is 11.5 Å². The predicted molar refractivity (Wildman–Crippen MR) is 79.0 cm³/mol. The maximum Gasteiger partial charge on any atom is 0.0801 e. The summed E-state index contributed by atoms with van der Waals surface area (Å²) in [5.41, 5.74) is 7.79. The molecule has 0 bridgehead atoms. The molecule has 19 heavy (non-hydrogen) atoms. The van der Waals surface area contributed by atoms with Gasteiger partial charge in [0.2, 0.25) is 0 Å². The molecule has 0 fully saturated rings. The van der Waals surface area contributed by atoms with Crippen molar-refractivity contribution in [3.8, 4) is 0 Å². The van der Waals surface area contributed by atoms with Crippen LogP contribution in [0.5, 0.6) is 0 Å². The van der Waals surface area contributed by atoms with Crippen molar-refractivity contribution in [1.29, 1.82) is 0 Å². The lowest BCUT2D eigenvalue weighted by Gasteiger charge is -2.15. The van der Waals surface area contributed by atoms with Gasteiger partial charge in [-0.25, -0.2) is 0 Å². The van der Waals surface area contributed by atoms with E-state index in [0.717, 1.165) is 23.4 Å². The first-order valence-corrected chi connectivity index (χ1v) is 7.25. The quantitative estimate of drug-likeness (QED) is 0.650. The molecule has 1 heterocycles. The van der Waals surface area contributed by atoms with Crippen molar-refractivity contribution < 1.29 is 0 Å². The largest absolute Gasteiger partial charge is 0.271 e. The molecule has 3 N–H and O–H groups in total. The molecule has 4 nitrogen and oxygen atoms in total. The average molecular weight is 276 g/mol. The lowest BCUT2D eigenvalue weighted by molar-refractivity contribution is 0.555. The van der Waals surface area contributed by atoms with Crippen molar-refractivity contribution in [3.05, 3.63) is 45.5 Å². The minimum Gasteiger partial charge on any atom is -0.271 e. The number of nitrogens with one attached hydrogen (secondary N) is 1. The van der Waals surface area contributed by atoms with Gasteiger partial charge in [-0.1, -0.05) is 40.7 Å². The fourth-order valence-electron chi connectivity index (χ4n) is 2.38. The third-order valence-electron chi connectivity index (χ3n) is 3.16. The smallest absolute Gasteiger partial charge is 0.0801 e. The van der Waals surface area contributed by atoms with Crippen LogP contribution in [-0.4, -0.2) is 9.59 Å². The van der Waals surface area contributed by atoms with Crippen LogP contribution in [0.15, 0.2) is 18.2 Å². The monoisotopic (exact) mass is 276 g/mol. The van der Waals surface area contributed by atoms with Crippen molar-refractivity contribution in [2.24, 2.45) is 5.84 Å². The summed E-state index contributed by atoms with van der Waals surface area (Å²) in [6.07, 6.45) is 1.74. The molecule has 2 aromatic rings. The number of aryl methyl sites for hydroxylation is 3. The van der Waals surface area contributed by atoms with Crippen molar-refractivity contribution in [2.45, 2.75) is 39.7 Å². The normalized spacial score (nSPS) is 12.6. The van der Waals surface area contributed by atoms with Crippen LogP contribution in [0.4, 0.5) is 0 Å². The SMILES string of the molecule is CCc1nnsc1C(Cc1cc(C)cc(C)c1)NN. The average Bonchev–Trinajstić information content (AvgIpc) is 2.82. The van der Waals surface area contributed by atoms with Crippen molar-refractivity contribution in [2.75, 3.05) is 0 Å². The molecule has 0 aliphatic heterocycles. The van der Waals surface area contributed by atoms with Crippen LogP contribution >= 0.6 is 11.5 Å². The molecule has 1 atom stereocenters. The molecule has 0 aliphatic rings. The van der Waals surface area contributed by atoms with Gasteiger partial charge in [0.15, 0.2) is 0 Å².